The summed E-state index contributed by atoms with van der Waals surface area (Å²) in [7, 11) is 1.70. The van der Waals surface area contributed by atoms with Gasteiger partial charge in [0.1, 0.15) is 17.0 Å². The monoisotopic (exact) mass is 407 g/mol. The molecule has 1 N–H and O–H groups in total. The van der Waals surface area contributed by atoms with Crippen LogP contribution < -0.4 is 10.3 Å². The fourth-order valence-corrected chi connectivity index (χ4v) is 5.13. The highest BCUT2D eigenvalue weighted by atomic mass is 16.5. The van der Waals surface area contributed by atoms with Crippen molar-refractivity contribution in [3.8, 4) is 5.75 Å². The maximum atomic E-state index is 12.8. The molecule has 1 aliphatic carbocycles. The van der Waals surface area contributed by atoms with Crippen LogP contribution in [0, 0.1) is 5.92 Å². The van der Waals surface area contributed by atoms with Crippen molar-refractivity contribution < 1.29 is 4.74 Å². The van der Waals surface area contributed by atoms with Crippen molar-refractivity contribution in [1.82, 2.24) is 24.6 Å². The van der Waals surface area contributed by atoms with E-state index in [1.807, 2.05) is 16.8 Å². The van der Waals surface area contributed by atoms with Crippen molar-refractivity contribution in [1.29, 1.82) is 0 Å². The van der Waals surface area contributed by atoms with Crippen molar-refractivity contribution in [3.63, 3.8) is 0 Å². The van der Waals surface area contributed by atoms with Gasteiger partial charge < -0.3 is 9.72 Å². The second-order valence-electron chi connectivity index (χ2n) is 8.85. The average Bonchev–Trinajstić information content (AvgIpc) is 3.47. The van der Waals surface area contributed by atoms with Gasteiger partial charge in [0.25, 0.3) is 5.56 Å². The molecule has 5 rings (SSSR count). The van der Waals surface area contributed by atoms with Crippen LogP contribution in [0.1, 0.15) is 56.0 Å². The normalized spacial score (nSPS) is 22.9. The molecular formula is C23H29N5O2. The lowest BCUT2D eigenvalue weighted by molar-refractivity contribution is 0.317. The second kappa shape index (κ2) is 7.87. The number of benzene rings is 1. The molecule has 1 saturated carbocycles. The molecule has 2 aromatic heterocycles. The fraction of sp³-hybridized carbons (Fsp3) is 0.522. The molecule has 0 bridgehead atoms. The molecule has 158 valence electrons. The number of rotatable bonds is 5. The lowest BCUT2D eigenvalue weighted by Gasteiger charge is -2.17. The maximum absolute atomic E-state index is 12.8. The molecule has 0 unspecified atom stereocenters. The Morgan fingerprint density at radius 3 is 2.87 bits per heavy atom. The quantitative estimate of drug-likeness (QED) is 0.701. The van der Waals surface area contributed by atoms with Crippen LogP contribution in [0.4, 0.5) is 0 Å². The van der Waals surface area contributed by atoms with E-state index in [1.54, 1.807) is 13.3 Å². The highest BCUT2D eigenvalue weighted by molar-refractivity contribution is 5.73. The predicted octanol–water partition coefficient (Wildman–Crippen LogP) is 3.48. The third-order valence-electron chi connectivity index (χ3n) is 6.73. The Bertz CT molecular complexity index is 1100. The first kappa shape index (κ1) is 19.3. The lowest BCUT2D eigenvalue weighted by atomic mass is 9.97. The number of hydrogen-bond donors (Lipinski definition) is 1. The highest BCUT2D eigenvalue weighted by Gasteiger charge is 2.33. The molecule has 0 radical (unpaired) electrons. The number of likely N-dealkylation sites (tertiary alicyclic amines) is 1. The van der Waals surface area contributed by atoms with Crippen molar-refractivity contribution in [2.45, 2.75) is 51.1 Å². The molecule has 7 nitrogen and oxygen atoms in total. The van der Waals surface area contributed by atoms with Crippen LogP contribution in [-0.2, 0) is 6.54 Å². The van der Waals surface area contributed by atoms with E-state index in [4.69, 9.17) is 9.72 Å². The van der Waals surface area contributed by atoms with Gasteiger partial charge in [-0.2, -0.15) is 5.10 Å². The summed E-state index contributed by atoms with van der Waals surface area (Å²) in [5, 5.41) is 5.13. The van der Waals surface area contributed by atoms with Crippen molar-refractivity contribution >= 4 is 11.0 Å². The lowest BCUT2D eigenvalue weighted by Crippen LogP contribution is -2.21. The van der Waals surface area contributed by atoms with E-state index < -0.39 is 0 Å². The van der Waals surface area contributed by atoms with Crippen LogP contribution >= 0.6 is 0 Å². The number of aromatic amines is 1. The number of fused-ring (bicyclic) bond motifs is 1. The summed E-state index contributed by atoms with van der Waals surface area (Å²) in [5.74, 6) is 2.31. The molecular weight excluding hydrogens is 378 g/mol. The van der Waals surface area contributed by atoms with E-state index >= 15 is 0 Å². The number of H-pyrrole nitrogens is 1. The third kappa shape index (κ3) is 3.51. The summed E-state index contributed by atoms with van der Waals surface area (Å²) in [5.41, 5.74) is 1.91. The number of hydrogen-bond acceptors (Lipinski definition) is 5. The largest absolute Gasteiger partial charge is 0.497 e. The van der Waals surface area contributed by atoms with E-state index in [9.17, 15) is 4.79 Å². The van der Waals surface area contributed by atoms with E-state index in [0.717, 1.165) is 49.7 Å². The van der Waals surface area contributed by atoms with Crippen LogP contribution in [0.2, 0.25) is 0 Å². The van der Waals surface area contributed by atoms with Gasteiger partial charge in [0, 0.05) is 25.6 Å². The van der Waals surface area contributed by atoms with Crippen LogP contribution in [0.25, 0.3) is 11.0 Å². The molecule has 0 spiro atoms. The van der Waals surface area contributed by atoms with Crippen LogP contribution in [0.3, 0.4) is 0 Å². The Hall–Kier alpha value is -2.67. The van der Waals surface area contributed by atoms with E-state index in [2.05, 4.69) is 34.0 Å². The first-order chi connectivity index (χ1) is 14.6. The molecule has 2 aliphatic rings. The summed E-state index contributed by atoms with van der Waals surface area (Å²) in [6.07, 6.45) is 6.36. The standard InChI is InChI=1S/C23H29N5O2/c1-15-12-27(13-16-6-5-9-18(10-16)30-2)14-20(15)21-25-22-19(23(29)26-21)11-24-28(22)17-7-3-4-8-17/h5-6,9-11,15,17,20H,3-4,7-8,12-14H2,1-2H3,(H,25,26,29)/t15-,20-/m1/s1. The Labute approximate surface area is 176 Å². The molecule has 2 fully saturated rings. The topological polar surface area (TPSA) is 76.0 Å². The van der Waals surface area contributed by atoms with Crippen molar-refractivity contribution in [2.24, 2.45) is 5.92 Å². The van der Waals surface area contributed by atoms with Gasteiger partial charge in [0.15, 0.2) is 5.65 Å². The molecule has 30 heavy (non-hydrogen) atoms. The summed E-state index contributed by atoms with van der Waals surface area (Å²) >= 11 is 0. The van der Waals surface area contributed by atoms with Crippen molar-refractivity contribution in [3.05, 3.63) is 52.2 Å². The molecule has 3 heterocycles. The summed E-state index contributed by atoms with van der Waals surface area (Å²) in [6, 6.07) is 8.59. The molecule has 1 saturated heterocycles. The van der Waals surface area contributed by atoms with E-state index in [-0.39, 0.29) is 11.5 Å². The van der Waals surface area contributed by atoms with E-state index in [0.29, 0.717) is 17.3 Å². The van der Waals surface area contributed by atoms with Gasteiger partial charge in [0.2, 0.25) is 0 Å². The smallest absolute Gasteiger partial charge is 0.262 e. The zero-order valence-corrected chi connectivity index (χ0v) is 17.7. The Kier molecular flexibility index (Phi) is 5.06. The number of ether oxygens (including phenoxy) is 1. The molecule has 2 atom stereocenters. The maximum Gasteiger partial charge on any atom is 0.262 e. The van der Waals surface area contributed by atoms with Gasteiger partial charge in [-0.05, 0) is 36.5 Å². The minimum atomic E-state index is -0.0716. The Balaban J connectivity index is 1.40. The minimum Gasteiger partial charge on any atom is -0.497 e. The van der Waals surface area contributed by atoms with Gasteiger partial charge >= 0.3 is 0 Å². The molecule has 1 aliphatic heterocycles. The number of aromatic nitrogens is 4. The zero-order valence-electron chi connectivity index (χ0n) is 17.7. The third-order valence-corrected chi connectivity index (χ3v) is 6.73. The van der Waals surface area contributed by atoms with Crippen molar-refractivity contribution in [2.75, 3.05) is 20.2 Å². The molecule has 3 aromatic rings. The van der Waals surface area contributed by atoms with Crippen LogP contribution in [0.5, 0.6) is 5.75 Å². The highest BCUT2D eigenvalue weighted by Crippen LogP contribution is 2.33. The first-order valence-electron chi connectivity index (χ1n) is 10.9. The summed E-state index contributed by atoms with van der Waals surface area (Å²) < 4.78 is 7.35. The van der Waals surface area contributed by atoms with Gasteiger partial charge in [0.05, 0.1) is 19.3 Å². The summed E-state index contributed by atoms with van der Waals surface area (Å²) in [4.78, 5) is 23.2. The second-order valence-corrected chi connectivity index (χ2v) is 8.85. The SMILES string of the molecule is COc1cccc(CN2C[C@@H](C)[C@H](c3nc4c(cnn4C4CCCC4)c(=O)[nH]3)C2)c1. The predicted molar refractivity (Wildman–Crippen MR) is 116 cm³/mol. The Morgan fingerprint density at radius 2 is 2.07 bits per heavy atom. The molecule has 7 heteroatoms. The van der Waals surface area contributed by atoms with Crippen LogP contribution in [-0.4, -0.2) is 44.8 Å². The summed E-state index contributed by atoms with van der Waals surface area (Å²) in [6.45, 7) is 4.97. The Morgan fingerprint density at radius 1 is 1.23 bits per heavy atom. The minimum absolute atomic E-state index is 0.0716. The average molecular weight is 408 g/mol. The number of nitrogens with zero attached hydrogens (tertiary/aromatic N) is 4. The van der Waals surface area contributed by atoms with Gasteiger partial charge in [-0.1, -0.05) is 31.9 Å². The van der Waals surface area contributed by atoms with Crippen LogP contribution in [0.15, 0.2) is 35.3 Å². The first-order valence-corrected chi connectivity index (χ1v) is 10.9. The fourth-order valence-electron chi connectivity index (χ4n) is 5.13. The van der Waals surface area contributed by atoms with E-state index in [1.165, 1.54) is 18.4 Å². The number of nitrogens with one attached hydrogen (secondary N) is 1. The van der Waals surface area contributed by atoms with Gasteiger partial charge in [-0.15, -0.1) is 0 Å². The van der Waals surface area contributed by atoms with Gasteiger partial charge in [-0.3, -0.25) is 9.69 Å². The number of methoxy groups -OCH3 is 1. The zero-order chi connectivity index (χ0) is 20.7. The van der Waals surface area contributed by atoms with Gasteiger partial charge in [-0.25, -0.2) is 9.67 Å². The molecule has 0 amide bonds. The molecule has 1 aromatic carbocycles.